The van der Waals surface area contributed by atoms with Gasteiger partial charge >= 0.3 is 0 Å². The van der Waals surface area contributed by atoms with Gasteiger partial charge in [-0.1, -0.05) is 6.07 Å². The molecule has 0 amide bonds. The normalized spacial score (nSPS) is 10.9. The summed E-state index contributed by atoms with van der Waals surface area (Å²) in [5, 5.41) is 0. The summed E-state index contributed by atoms with van der Waals surface area (Å²) in [6.45, 7) is 5.93. The summed E-state index contributed by atoms with van der Waals surface area (Å²) in [5.74, 6) is 0.666. The Labute approximate surface area is 158 Å². The van der Waals surface area contributed by atoms with E-state index in [4.69, 9.17) is 10.5 Å². The highest BCUT2D eigenvalue weighted by atomic mass is 127. The van der Waals surface area contributed by atoms with Crippen molar-refractivity contribution >= 4 is 29.9 Å². The molecule has 1 aromatic heterocycles. The van der Waals surface area contributed by atoms with Gasteiger partial charge in [-0.25, -0.2) is 9.38 Å². The molecule has 0 bridgehead atoms. The lowest BCUT2D eigenvalue weighted by molar-refractivity contribution is 0.440. The zero-order valence-electron chi connectivity index (χ0n) is 13.8. The first-order chi connectivity index (χ1) is 11.1. The van der Waals surface area contributed by atoms with Crippen LogP contribution in [0.25, 0.3) is 0 Å². The second-order valence-corrected chi connectivity index (χ2v) is 4.90. The molecule has 0 atom stereocenters. The van der Waals surface area contributed by atoms with Crippen LogP contribution >= 0.6 is 24.0 Å². The topological polar surface area (TPSA) is 63.7 Å². The number of aromatic nitrogens is 1. The zero-order chi connectivity index (χ0) is 16.7. The number of guanidine groups is 1. The van der Waals surface area contributed by atoms with Crippen molar-refractivity contribution in [3.8, 4) is 11.5 Å². The van der Waals surface area contributed by atoms with E-state index >= 15 is 0 Å². The molecule has 0 aliphatic heterocycles. The molecule has 7 heteroatoms. The van der Waals surface area contributed by atoms with Crippen molar-refractivity contribution in [2.45, 2.75) is 20.4 Å². The average Bonchev–Trinajstić information content (AvgIpc) is 2.57. The number of rotatable bonds is 6. The Balaban J connectivity index is 0.00000288. The van der Waals surface area contributed by atoms with E-state index in [9.17, 15) is 4.39 Å². The highest BCUT2D eigenvalue weighted by Gasteiger charge is 2.07. The summed E-state index contributed by atoms with van der Waals surface area (Å²) in [6, 6.07) is 8.21. The zero-order valence-corrected chi connectivity index (χ0v) is 16.1. The van der Waals surface area contributed by atoms with Gasteiger partial charge < -0.3 is 15.4 Å². The van der Waals surface area contributed by atoms with Crippen LogP contribution in [0.1, 0.15) is 19.4 Å². The molecule has 130 valence electrons. The summed E-state index contributed by atoms with van der Waals surface area (Å²) in [6.07, 6.45) is 3.16. The number of nitrogens with zero attached hydrogens (tertiary/aromatic N) is 3. The second-order valence-electron chi connectivity index (χ2n) is 4.90. The third-order valence-electron chi connectivity index (χ3n) is 3.37. The molecule has 0 fully saturated rings. The lowest BCUT2D eigenvalue weighted by Crippen LogP contribution is -2.37. The van der Waals surface area contributed by atoms with Gasteiger partial charge in [0, 0.05) is 19.3 Å². The van der Waals surface area contributed by atoms with E-state index in [1.54, 1.807) is 30.5 Å². The van der Waals surface area contributed by atoms with Gasteiger partial charge in [0.15, 0.2) is 17.5 Å². The maximum absolute atomic E-state index is 14.1. The van der Waals surface area contributed by atoms with Crippen LogP contribution in [0.3, 0.4) is 0 Å². The Morgan fingerprint density at radius 2 is 2.04 bits per heavy atom. The standard InChI is InChI=1S/C17H21FN4O.HI/c1-3-22(4-2)17(19)21-11-13-7-8-16(15(18)10-13)23-14-6-5-9-20-12-14;/h5-10,12H,3-4,11H2,1-2H3,(H2,19,21);1H. The monoisotopic (exact) mass is 444 g/mol. The molecule has 2 aromatic rings. The molecule has 2 N–H and O–H groups in total. The second kappa shape index (κ2) is 10.1. The first-order valence-electron chi connectivity index (χ1n) is 7.55. The van der Waals surface area contributed by atoms with Gasteiger partial charge in [-0.05, 0) is 43.7 Å². The molecule has 1 aromatic carbocycles. The van der Waals surface area contributed by atoms with E-state index in [-0.39, 0.29) is 29.7 Å². The number of hydrogen-bond acceptors (Lipinski definition) is 3. The Kier molecular flexibility index (Phi) is 8.45. The molecule has 0 spiro atoms. The Hall–Kier alpha value is -1.90. The van der Waals surface area contributed by atoms with Crippen molar-refractivity contribution in [2.75, 3.05) is 13.1 Å². The van der Waals surface area contributed by atoms with Crippen LogP contribution in [0.4, 0.5) is 4.39 Å². The predicted molar refractivity (Wildman–Crippen MR) is 104 cm³/mol. The third-order valence-corrected chi connectivity index (χ3v) is 3.37. The molecule has 5 nitrogen and oxygen atoms in total. The van der Waals surface area contributed by atoms with Crippen LogP contribution in [-0.4, -0.2) is 28.9 Å². The van der Waals surface area contributed by atoms with Gasteiger partial charge in [-0.15, -0.1) is 24.0 Å². The van der Waals surface area contributed by atoms with Gasteiger partial charge in [-0.2, -0.15) is 0 Å². The molecule has 0 saturated heterocycles. The summed E-state index contributed by atoms with van der Waals surface area (Å²) >= 11 is 0. The van der Waals surface area contributed by atoms with Crippen molar-refractivity contribution in [3.63, 3.8) is 0 Å². The molecule has 0 aliphatic rings. The number of hydrogen-bond donors (Lipinski definition) is 1. The molecule has 1 heterocycles. The molecule has 0 aliphatic carbocycles. The average molecular weight is 444 g/mol. The lowest BCUT2D eigenvalue weighted by Gasteiger charge is -2.19. The number of ether oxygens (including phenoxy) is 1. The molecule has 0 unspecified atom stereocenters. The van der Waals surface area contributed by atoms with Gasteiger partial charge in [-0.3, -0.25) is 4.98 Å². The first kappa shape index (κ1) is 20.1. The number of aliphatic imine (C=N–C) groups is 1. The molecule has 2 rings (SSSR count). The van der Waals surface area contributed by atoms with Crippen LogP contribution in [0.5, 0.6) is 11.5 Å². The molecule has 0 radical (unpaired) electrons. The van der Waals surface area contributed by atoms with Gasteiger partial charge in [0.05, 0.1) is 12.7 Å². The van der Waals surface area contributed by atoms with Crippen LogP contribution in [0.2, 0.25) is 0 Å². The minimum Gasteiger partial charge on any atom is -0.453 e. The Bertz CT molecular complexity index is 663. The fraction of sp³-hybridized carbons (Fsp3) is 0.294. The summed E-state index contributed by atoms with van der Waals surface area (Å²) in [7, 11) is 0. The minimum atomic E-state index is -0.442. The van der Waals surface area contributed by atoms with E-state index < -0.39 is 5.82 Å². The van der Waals surface area contributed by atoms with Gasteiger partial charge in [0.25, 0.3) is 0 Å². The van der Waals surface area contributed by atoms with E-state index in [1.165, 1.54) is 12.3 Å². The highest BCUT2D eigenvalue weighted by Crippen LogP contribution is 2.24. The van der Waals surface area contributed by atoms with Gasteiger partial charge in [0.1, 0.15) is 5.75 Å². The van der Waals surface area contributed by atoms with Crippen molar-refractivity contribution in [2.24, 2.45) is 10.7 Å². The van der Waals surface area contributed by atoms with E-state index in [0.29, 0.717) is 18.3 Å². The summed E-state index contributed by atoms with van der Waals surface area (Å²) in [5.41, 5.74) is 6.64. The maximum Gasteiger partial charge on any atom is 0.191 e. The Morgan fingerprint density at radius 1 is 1.29 bits per heavy atom. The maximum atomic E-state index is 14.1. The quantitative estimate of drug-likeness (QED) is 0.419. The smallest absolute Gasteiger partial charge is 0.191 e. The van der Waals surface area contributed by atoms with Crippen molar-refractivity contribution in [1.82, 2.24) is 9.88 Å². The third kappa shape index (κ3) is 5.63. The van der Waals surface area contributed by atoms with E-state index in [0.717, 1.165) is 18.7 Å². The molecule has 24 heavy (non-hydrogen) atoms. The SMILES string of the molecule is CCN(CC)C(N)=NCc1ccc(Oc2cccnc2)c(F)c1.I. The minimum absolute atomic E-state index is 0. The number of nitrogens with two attached hydrogens (primary N) is 1. The van der Waals surface area contributed by atoms with Crippen molar-refractivity contribution in [3.05, 3.63) is 54.1 Å². The largest absolute Gasteiger partial charge is 0.453 e. The first-order valence-corrected chi connectivity index (χ1v) is 7.55. The van der Waals surface area contributed by atoms with E-state index in [1.807, 2.05) is 18.7 Å². The lowest BCUT2D eigenvalue weighted by atomic mass is 10.2. The van der Waals surface area contributed by atoms with Crippen LogP contribution in [0.15, 0.2) is 47.7 Å². The fourth-order valence-corrected chi connectivity index (χ4v) is 2.08. The molecular weight excluding hydrogens is 422 g/mol. The number of halogens is 2. The van der Waals surface area contributed by atoms with Crippen LogP contribution in [0, 0.1) is 5.82 Å². The van der Waals surface area contributed by atoms with Crippen molar-refractivity contribution < 1.29 is 9.13 Å². The van der Waals surface area contributed by atoms with Crippen LogP contribution < -0.4 is 10.5 Å². The number of pyridine rings is 1. The van der Waals surface area contributed by atoms with E-state index in [2.05, 4.69) is 9.98 Å². The van der Waals surface area contributed by atoms with Crippen molar-refractivity contribution in [1.29, 1.82) is 0 Å². The molecular formula is C17H22FIN4O. The number of benzene rings is 1. The fourth-order valence-electron chi connectivity index (χ4n) is 2.08. The summed E-state index contributed by atoms with van der Waals surface area (Å²) in [4.78, 5) is 10.2. The summed E-state index contributed by atoms with van der Waals surface area (Å²) < 4.78 is 19.6. The predicted octanol–water partition coefficient (Wildman–Crippen LogP) is 3.79. The van der Waals surface area contributed by atoms with Crippen LogP contribution in [-0.2, 0) is 6.54 Å². The molecule has 0 saturated carbocycles. The Morgan fingerprint density at radius 3 is 2.62 bits per heavy atom. The highest BCUT2D eigenvalue weighted by molar-refractivity contribution is 14.0. The van der Waals surface area contributed by atoms with Gasteiger partial charge in [0.2, 0.25) is 0 Å².